The van der Waals surface area contributed by atoms with Crippen molar-refractivity contribution in [3.05, 3.63) is 77.9 Å². The van der Waals surface area contributed by atoms with E-state index < -0.39 is 0 Å². The van der Waals surface area contributed by atoms with Crippen molar-refractivity contribution in [3.8, 4) is 11.4 Å². The Morgan fingerprint density at radius 3 is 2.86 bits per heavy atom. The molecular weight excluding hydrogens is 364 g/mol. The predicted octanol–water partition coefficient (Wildman–Crippen LogP) is 2.78. The van der Waals surface area contributed by atoms with Crippen LogP contribution in [-0.4, -0.2) is 45.5 Å². The molecule has 6 nitrogen and oxygen atoms in total. The van der Waals surface area contributed by atoms with Crippen LogP contribution in [0.3, 0.4) is 0 Å². The van der Waals surface area contributed by atoms with Crippen LogP contribution < -0.4 is 0 Å². The largest absolute Gasteiger partial charge is 0.376 e. The first-order chi connectivity index (χ1) is 14.2. The molecule has 146 valence electrons. The van der Waals surface area contributed by atoms with Gasteiger partial charge in [-0.3, -0.25) is 9.78 Å². The van der Waals surface area contributed by atoms with Gasteiger partial charge in [0.15, 0.2) is 5.82 Å². The smallest absolute Gasteiger partial charge is 0.227 e. The van der Waals surface area contributed by atoms with E-state index in [1.807, 2.05) is 53.6 Å². The summed E-state index contributed by atoms with van der Waals surface area (Å²) in [6.07, 6.45) is 6.65. The number of benzene rings is 1. The van der Waals surface area contributed by atoms with E-state index in [2.05, 4.69) is 9.97 Å². The Labute approximate surface area is 169 Å². The number of rotatable bonds is 3. The van der Waals surface area contributed by atoms with Crippen molar-refractivity contribution in [2.24, 2.45) is 0 Å². The lowest BCUT2D eigenvalue weighted by Gasteiger charge is -2.34. The van der Waals surface area contributed by atoms with Crippen LogP contribution in [0.25, 0.3) is 11.4 Å². The average Bonchev–Trinajstić information content (AvgIpc) is 3.20. The van der Waals surface area contributed by atoms with Crippen molar-refractivity contribution in [1.82, 2.24) is 19.9 Å². The number of pyridine rings is 1. The van der Waals surface area contributed by atoms with E-state index in [1.165, 1.54) is 0 Å². The molecule has 0 aliphatic carbocycles. The molecule has 0 saturated carbocycles. The lowest BCUT2D eigenvalue weighted by Crippen LogP contribution is -2.42. The van der Waals surface area contributed by atoms with E-state index in [9.17, 15) is 4.79 Å². The Morgan fingerprint density at radius 1 is 1.14 bits per heavy atom. The topological polar surface area (TPSA) is 68.2 Å². The third kappa shape index (κ3) is 3.40. The minimum atomic E-state index is -0.264. The summed E-state index contributed by atoms with van der Waals surface area (Å²) < 4.78 is 5.90. The summed E-state index contributed by atoms with van der Waals surface area (Å²) in [7, 11) is 0. The number of amides is 1. The average molecular weight is 386 g/mol. The zero-order valence-electron chi connectivity index (χ0n) is 16.1. The van der Waals surface area contributed by atoms with Gasteiger partial charge in [-0.05, 0) is 24.1 Å². The first-order valence-electron chi connectivity index (χ1n) is 9.90. The maximum absolute atomic E-state index is 12.9. The van der Waals surface area contributed by atoms with Crippen molar-refractivity contribution < 1.29 is 9.53 Å². The van der Waals surface area contributed by atoms with Gasteiger partial charge in [-0.1, -0.05) is 30.3 Å². The predicted molar refractivity (Wildman–Crippen MR) is 108 cm³/mol. The standard InChI is InChI=1S/C23H22N4O2/c28-20(11-17-5-2-1-3-6-17)27-10-8-23(15-27)16-29-14-19-13-25-22(26-21(19)23)18-7-4-9-24-12-18/h1-7,9,12-13H,8,10-11,14-16H2. The summed E-state index contributed by atoms with van der Waals surface area (Å²) in [5.41, 5.74) is 3.71. The van der Waals surface area contributed by atoms with Gasteiger partial charge in [0.05, 0.1) is 30.7 Å². The number of fused-ring (bicyclic) bond motifs is 2. The van der Waals surface area contributed by atoms with Gasteiger partial charge < -0.3 is 9.64 Å². The number of carbonyl (C=O) groups is 1. The lowest BCUT2D eigenvalue weighted by molar-refractivity contribution is -0.129. The van der Waals surface area contributed by atoms with Crippen molar-refractivity contribution in [2.45, 2.75) is 24.9 Å². The van der Waals surface area contributed by atoms with Crippen LogP contribution in [0.2, 0.25) is 0 Å². The maximum Gasteiger partial charge on any atom is 0.227 e. The van der Waals surface area contributed by atoms with E-state index in [4.69, 9.17) is 9.72 Å². The summed E-state index contributed by atoms with van der Waals surface area (Å²) in [5, 5.41) is 0. The Hall–Kier alpha value is -3.12. The number of aromatic nitrogens is 3. The number of hydrogen-bond acceptors (Lipinski definition) is 5. The van der Waals surface area contributed by atoms with Gasteiger partial charge in [0, 0.05) is 42.8 Å². The molecule has 1 unspecified atom stereocenters. The van der Waals surface area contributed by atoms with E-state index >= 15 is 0 Å². The highest BCUT2D eigenvalue weighted by Gasteiger charge is 2.46. The Balaban J connectivity index is 1.42. The first-order valence-corrected chi connectivity index (χ1v) is 9.90. The summed E-state index contributed by atoms with van der Waals surface area (Å²) in [5.74, 6) is 0.828. The third-order valence-electron chi connectivity index (χ3n) is 5.83. The molecule has 1 fully saturated rings. The van der Waals surface area contributed by atoms with Crippen LogP contribution in [0.4, 0.5) is 0 Å². The van der Waals surface area contributed by atoms with Gasteiger partial charge in [0.2, 0.25) is 5.91 Å². The Bertz CT molecular complexity index is 1030. The molecule has 5 rings (SSSR count). The van der Waals surface area contributed by atoms with E-state index in [0.29, 0.717) is 32.0 Å². The van der Waals surface area contributed by atoms with Gasteiger partial charge in [-0.25, -0.2) is 9.97 Å². The Kier molecular flexibility index (Phi) is 4.56. The normalized spacial score (nSPS) is 20.6. The van der Waals surface area contributed by atoms with Gasteiger partial charge in [0.1, 0.15) is 0 Å². The molecule has 3 aromatic rings. The summed E-state index contributed by atoms with van der Waals surface area (Å²) >= 11 is 0. The highest BCUT2D eigenvalue weighted by Crippen LogP contribution is 2.39. The minimum Gasteiger partial charge on any atom is -0.376 e. The Morgan fingerprint density at radius 2 is 2.03 bits per heavy atom. The third-order valence-corrected chi connectivity index (χ3v) is 5.83. The van der Waals surface area contributed by atoms with E-state index in [1.54, 1.807) is 12.4 Å². The number of carbonyl (C=O) groups excluding carboxylic acids is 1. The molecule has 0 bridgehead atoms. The summed E-state index contributed by atoms with van der Waals surface area (Å²) in [4.78, 5) is 28.5. The van der Waals surface area contributed by atoms with E-state index in [-0.39, 0.29) is 11.3 Å². The SMILES string of the molecule is O=C(Cc1ccccc1)N1CCC2(COCc3cnc(-c4cccnc4)nc32)C1. The second-order valence-electron chi connectivity index (χ2n) is 7.81. The second kappa shape index (κ2) is 7.37. The van der Waals surface area contributed by atoms with Crippen LogP contribution in [0.5, 0.6) is 0 Å². The highest BCUT2D eigenvalue weighted by molar-refractivity contribution is 5.79. The van der Waals surface area contributed by atoms with Crippen LogP contribution in [0.1, 0.15) is 23.2 Å². The molecule has 1 atom stereocenters. The van der Waals surface area contributed by atoms with Crippen LogP contribution in [0, 0.1) is 0 Å². The second-order valence-corrected chi connectivity index (χ2v) is 7.81. The molecular formula is C23H22N4O2. The van der Waals surface area contributed by atoms with Crippen LogP contribution in [-0.2, 0) is 28.0 Å². The van der Waals surface area contributed by atoms with Gasteiger partial charge in [0.25, 0.3) is 0 Å². The van der Waals surface area contributed by atoms with Gasteiger partial charge in [-0.15, -0.1) is 0 Å². The lowest BCUT2D eigenvalue weighted by atomic mass is 9.80. The zero-order chi connectivity index (χ0) is 19.7. The zero-order valence-corrected chi connectivity index (χ0v) is 16.1. The summed E-state index contributed by atoms with van der Waals surface area (Å²) in [6.45, 7) is 2.46. The highest BCUT2D eigenvalue weighted by atomic mass is 16.5. The monoisotopic (exact) mass is 386 g/mol. The molecule has 0 N–H and O–H groups in total. The number of hydrogen-bond donors (Lipinski definition) is 0. The molecule has 6 heteroatoms. The first kappa shape index (κ1) is 17.9. The molecule has 29 heavy (non-hydrogen) atoms. The van der Waals surface area contributed by atoms with Crippen molar-refractivity contribution in [1.29, 1.82) is 0 Å². The fourth-order valence-electron chi connectivity index (χ4n) is 4.31. The van der Waals surface area contributed by atoms with Crippen molar-refractivity contribution >= 4 is 5.91 Å². The van der Waals surface area contributed by atoms with Crippen molar-refractivity contribution in [3.63, 3.8) is 0 Å². The van der Waals surface area contributed by atoms with Gasteiger partial charge >= 0.3 is 0 Å². The maximum atomic E-state index is 12.9. The number of nitrogens with zero attached hydrogens (tertiary/aromatic N) is 4. The molecule has 1 saturated heterocycles. The number of likely N-dealkylation sites (tertiary alicyclic amines) is 1. The molecule has 1 amide bonds. The van der Waals surface area contributed by atoms with Crippen LogP contribution >= 0.6 is 0 Å². The molecule has 4 heterocycles. The fraction of sp³-hybridized carbons (Fsp3) is 0.304. The summed E-state index contributed by atoms with van der Waals surface area (Å²) in [6, 6.07) is 13.7. The molecule has 2 aliphatic rings. The molecule has 2 aliphatic heterocycles. The fourth-order valence-corrected chi connectivity index (χ4v) is 4.31. The molecule has 0 radical (unpaired) electrons. The quantitative estimate of drug-likeness (QED) is 0.692. The minimum absolute atomic E-state index is 0.154. The molecule has 1 aromatic carbocycles. The van der Waals surface area contributed by atoms with Gasteiger partial charge in [-0.2, -0.15) is 0 Å². The molecule has 2 aromatic heterocycles. The molecule has 1 spiro atoms. The number of ether oxygens (including phenoxy) is 1. The van der Waals surface area contributed by atoms with E-state index in [0.717, 1.165) is 35.3 Å². The van der Waals surface area contributed by atoms with Crippen LogP contribution in [0.15, 0.2) is 61.1 Å². The van der Waals surface area contributed by atoms with Crippen molar-refractivity contribution in [2.75, 3.05) is 19.7 Å².